The van der Waals surface area contributed by atoms with Crippen LogP contribution in [0.25, 0.3) is 0 Å². The van der Waals surface area contributed by atoms with E-state index in [-0.39, 0.29) is 5.92 Å². The minimum Gasteiger partial charge on any atom is -0.356 e. The highest BCUT2D eigenvalue weighted by atomic mass is 16.1. The van der Waals surface area contributed by atoms with Gasteiger partial charge in [-0.2, -0.15) is 0 Å². The van der Waals surface area contributed by atoms with Crippen molar-refractivity contribution >= 4 is 5.91 Å². The first-order valence-corrected chi connectivity index (χ1v) is 13.5. The second-order valence-corrected chi connectivity index (χ2v) is 9.22. The average molecular weight is 410 g/mol. The number of unbranched alkanes of at least 4 members (excludes halogenated alkanes) is 16. The van der Waals surface area contributed by atoms with Gasteiger partial charge in [0.15, 0.2) is 0 Å². The predicted octanol–water partition coefficient (Wildman–Crippen LogP) is 8.97. The van der Waals surface area contributed by atoms with Gasteiger partial charge in [0.1, 0.15) is 0 Å². The highest BCUT2D eigenvalue weighted by Crippen LogP contribution is 2.19. The molecule has 0 saturated heterocycles. The molecule has 0 aromatic heterocycles. The van der Waals surface area contributed by atoms with Crippen molar-refractivity contribution in [3.05, 3.63) is 0 Å². The van der Waals surface area contributed by atoms with E-state index in [2.05, 4.69) is 26.1 Å². The second-order valence-electron chi connectivity index (χ2n) is 9.22. The van der Waals surface area contributed by atoms with Crippen LogP contribution in [0, 0.1) is 5.92 Å². The van der Waals surface area contributed by atoms with E-state index in [4.69, 9.17) is 0 Å². The maximum absolute atomic E-state index is 12.4. The largest absolute Gasteiger partial charge is 0.356 e. The third-order valence-electron chi connectivity index (χ3n) is 6.23. The Kier molecular flexibility index (Phi) is 23.3. The molecule has 0 rings (SSSR count). The monoisotopic (exact) mass is 409 g/mol. The number of hydrogen-bond donors (Lipinski definition) is 1. The van der Waals surface area contributed by atoms with Crippen LogP contribution in [0.2, 0.25) is 0 Å². The van der Waals surface area contributed by atoms with Crippen molar-refractivity contribution in [2.45, 2.75) is 156 Å². The topological polar surface area (TPSA) is 29.1 Å². The number of carbonyl (C=O) groups is 1. The highest BCUT2D eigenvalue weighted by Gasteiger charge is 2.16. The molecule has 2 nitrogen and oxygen atoms in total. The van der Waals surface area contributed by atoms with E-state index < -0.39 is 0 Å². The molecule has 1 amide bonds. The summed E-state index contributed by atoms with van der Waals surface area (Å²) in [7, 11) is 0. The minimum absolute atomic E-state index is 0.259. The fraction of sp³-hybridized carbons (Fsp3) is 0.963. The Labute approximate surface area is 184 Å². The molecule has 0 heterocycles. The molecule has 174 valence electrons. The zero-order chi connectivity index (χ0) is 21.4. The van der Waals surface area contributed by atoms with Crippen molar-refractivity contribution in [2.75, 3.05) is 6.54 Å². The highest BCUT2D eigenvalue weighted by molar-refractivity contribution is 5.78. The van der Waals surface area contributed by atoms with Gasteiger partial charge >= 0.3 is 0 Å². The average Bonchev–Trinajstić information content (AvgIpc) is 2.73. The van der Waals surface area contributed by atoms with Gasteiger partial charge in [0.05, 0.1) is 0 Å². The molecular weight excluding hydrogens is 354 g/mol. The first-order valence-electron chi connectivity index (χ1n) is 13.5. The summed E-state index contributed by atoms with van der Waals surface area (Å²) in [5, 5.41) is 3.12. The van der Waals surface area contributed by atoms with Crippen LogP contribution in [-0.2, 0) is 4.79 Å². The van der Waals surface area contributed by atoms with Gasteiger partial charge in [-0.1, -0.05) is 136 Å². The SMILES string of the molecule is CCCCCCCCCCCCCCCCCC(CCCCC)C(=O)NCCC. The van der Waals surface area contributed by atoms with Crippen LogP contribution in [0.1, 0.15) is 156 Å². The predicted molar refractivity (Wildman–Crippen MR) is 130 cm³/mol. The molecule has 1 unspecified atom stereocenters. The smallest absolute Gasteiger partial charge is 0.223 e. The Bertz CT molecular complexity index is 328. The van der Waals surface area contributed by atoms with Crippen LogP contribution >= 0.6 is 0 Å². The Hall–Kier alpha value is -0.530. The molecule has 0 aromatic rings. The number of rotatable bonds is 23. The lowest BCUT2D eigenvalue weighted by Gasteiger charge is -2.16. The van der Waals surface area contributed by atoms with Crippen LogP contribution in [0.4, 0.5) is 0 Å². The molecular formula is C27H55NO. The van der Waals surface area contributed by atoms with E-state index in [9.17, 15) is 4.79 Å². The van der Waals surface area contributed by atoms with Crippen LogP contribution in [0.5, 0.6) is 0 Å². The molecule has 0 saturated carbocycles. The first kappa shape index (κ1) is 28.5. The summed E-state index contributed by atoms with van der Waals surface area (Å²) in [5.74, 6) is 0.573. The number of nitrogens with one attached hydrogen (secondary N) is 1. The summed E-state index contributed by atoms with van der Waals surface area (Å²) in [6, 6.07) is 0. The summed E-state index contributed by atoms with van der Waals surface area (Å²) in [6.45, 7) is 7.49. The molecule has 0 aromatic carbocycles. The van der Waals surface area contributed by atoms with Crippen molar-refractivity contribution in [1.29, 1.82) is 0 Å². The van der Waals surface area contributed by atoms with Gasteiger partial charge in [0.25, 0.3) is 0 Å². The molecule has 0 spiro atoms. The molecule has 1 atom stereocenters. The maximum atomic E-state index is 12.4. The molecule has 0 aliphatic rings. The standard InChI is InChI=1S/C27H55NO/c1-4-7-9-10-11-12-13-14-15-16-17-18-19-20-22-24-26(23-21-8-5-2)27(29)28-25-6-3/h26H,4-25H2,1-3H3,(H,28,29). The second kappa shape index (κ2) is 23.7. The van der Waals surface area contributed by atoms with Crippen LogP contribution < -0.4 is 5.32 Å². The van der Waals surface area contributed by atoms with Gasteiger partial charge in [-0.3, -0.25) is 4.79 Å². The van der Waals surface area contributed by atoms with Crippen molar-refractivity contribution in [3.63, 3.8) is 0 Å². The fourth-order valence-corrected chi connectivity index (χ4v) is 4.20. The Morgan fingerprint density at radius 1 is 0.517 bits per heavy atom. The number of amides is 1. The minimum atomic E-state index is 0.259. The molecule has 29 heavy (non-hydrogen) atoms. The molecule has 1 N–H and O–H groups in total. The molecule has 0 fully saturated rings. The van der Waals surface area contributed by atoms with Gasteiger partial charge in [0, 0.05) is 12.5 Å². The van der Waals surface area contributed by atoms with E-state index in [0.29, 0.717) is 5.91 Å². The summed E-state index contributed by atoms with van der Waals surface area (Å²) in [4.78, 5) is 12.4. The van der Waals surface area contributed by atoms with Gasteiger partial charge in [-0.25, -0.2) is 0 Å². The number of hydrogen-bond acceptors (Lipinski definition) is 1. The Morgan fingerprint density at radius 2 is 0.862 bits per heavy atom. The van der Waals surface area contributed by atoms with Gasteiger partial charge in [-0.15, -0.1) is 0 Å². The molecule has 0 aliphatic carbocycles. The molecule has 0 aliphatic heterocycles. The quantitative estimate of drug-likeness (QED) is 0.168. The van der Waals surface area contributed by atoms with E-state index >= 15 is 0 Å². The molecule has 0 bridgehead atoms. The van der Waals surface area contributed by atoms with Crippen molar-refractivity contribution in [1.82, 2.24) is 5.32 Å². The molecule has 2 heteroatoms. The Morgan fingerprint density at radius 3 is 1.28 bits per heavy atom. The fourth-order valence-electron chi connectivity index (χ4n) is 4.20. The lowest BCUT2D eigenvalue weighted by atomic mass is 9.93. The third-order valence-corrected chi connectivity index (χ3v) is 6.23. The van der Waals surface area contributed by atoms with Crippen molar-refractivity contribution < 1.29 is 4.79 Å². The molecule has 0 radical (unpaired) electrons. The Balaban J connectivity index is 3.53. The summed E-state index contributed by atoms with van der Waals surface area (Å²) in [6.07, 6.45) is 28.0. The first-order chi connectivity index (χ1) is 14.3. The third kappa shape index (κ3) is 20.5. The van der Waals surface area contributed by atoms with E-state index in [0.717, 1.165) is 25.8 Å². The lowest BCUT2D eigenvalue weighted by Crippen LogP contribution is -2.31. The van der Waals surface area contributed by atoms with Gasteiger partial charge in [0.2, 0.25) is 5.91 Å². The summed E-state index contributed by atoms with van der Waals surface area (Å²) >= 11 is 0. The summed E-state index contributed by atoms with van der Waals surface area (Å²) in [5.41, 5.74) is 0. The lowest BCUT2D eigenvalue weighted by molar-refractivity contribution is -0.125. The van der Waals surface area contributed by atoms with Crippen LogP contribution in [-0.4, -0.2) is 12.5 Å². The van der Waals surface area contributed by atoms with Crippen LogP contribution in [0.3, 0.4) is 0 Å². The van der Waals surface area contributed by atoms with Crippen LogP contribution in [0.15, 0.2) is 0 Å². The van der Waals surface area contributed by atoms with Crippen molar-refractivity contribution in [2.24, 2.45) is 5.92 Å². The van der Waals surface area contributed by atoms with E-state index in [1.807, 2.05) is 0 Å². The van der Waals surface area contributed by atoms with Gasteiger partial charge in [-0.05, 0) is 19.3 Å². The van der Waals surface area contributed by atoms with E-state index in [1.54, 1.807) is 0 Å². The van der Waals surface area contributed by atoms with E-state index in [1.165, 1.54) is 116 Å². The zero-order valence-corrected chi connectivity index (χ0v) is 20.5. The van der Waals surface area contributed by atoms with Crippen molar-refractivity contribution in [3.8, 4) is 0 Å². The maximum Gasteiger partial charge on any atom is 0.223 e. The van der Waals surface area contributed by atoms with Gasteiger partial charge < -0.3 is 5.32 Å². The number of carbonyl (C=O) groups excluding carboxylic acids is 1. The summed E-state index contributed by atoms with van der Waals surface area (Å²) < 4.78 is 0. The zero-order valence-electron chi connectivity index (χ0n) is 20.5. The normalized spacial score (nSPS) is 12.2.